The highest BCUT2D eigenvalue weighted by molar-refractivity contribution is 5.70. The molecule has 0 fully saturated rings. The van der Waals surface area contributed by atoms with Crippen molar-refractivity contribution in [2.75, 3.05) is 7.11 Å². The zero-order chi connectivity index (χ0) is 14.3. The number of aliphatic carboxylic acids is 1. The number of carboxylic acids is 1. The minimum absolute atomic E-state index is 0.0461. The van der Waals surface area contributed by atoms with Crippen molar-refractivity contribution in [2.24, 2.45) is 5.92 Å². The van der Waals surface area contributed by atoms with Gasteiger partial charge in [0.05, 0.1) is 13.5 Å². The molecule has 0 aliphatic rings. The molecule has 0 saturated carbocycles. The second-order valence-electron chi connectivity index (χ2n) is 4.53. The number of methoxy groups -OCH3 is 1. The molecule has 0 aliphatic heterocycles. The normalized spacial score (nSPS) is 12.1. The molecule has 1 rings (SSSR count). The Balaban J connectivity index is 2.90. The van der Waals surface area contributed by atoms with E-state index in [1.807, 2.05) is 30.3 Å². The first-order valence-corrected chi connectivity index (χ1v) is 6.27. The van der Waals surface area contributed by atoms with E-state index < -0.39 is 5.97 Å². The Labute approximate surface area is 114 Å². The van der Waals surface area contributed by atoms with Gasteiger partial charge in [-0.1, -0.05) is 44.2 Å². The summed E-state index contributed by atoms with van der Waals surface area (Å²) in [5, 5.41) is 8.58. The lowest BCUT2D eigenvalue weighted by Gasteiger charge is -2.11. The van der Waals surface area contributed by atoms with Crippen LogP contribution in [0.5, 0.6) is 5.75 Å². The highest BCUT2D eigenvalue weighted by Gasteiger charge is 2.05. The number of hydrogen-bond acceptors (Lipinski definition) is 2. The molecule has 0 atom stereocenters. The van der Waals surface area contributed by atoms with Crippen LogP contribution in [0.4, 0.5) is 0 Å². The fourth-order valence-corrected chi connectivity index (χ4v) is 1.75. The molecule has 102 valence electrons. The maximum Gasteiger partial charge on any atom is 0.307 e. The number of hydrogen-bond donors (Lipinski definition) is 1. The highest BCUT2D eigenvalue weighted by atomic mass is 16.5. The quantitative estimate of drug-likeness (QED) is 0.792. The zero-order valence-corrected chi connectivity index (χ0v) is 11.6. The van der Waals surface area contributed by atoms with E-state index in [-0.39, 0.29) is 6.42 Å². The molecule has 3 nitrogen and oxygen atoms in total. The first-order chi connectivity index (χ1) is 9.04. The van der Waals surface area contributed by atoms with Crippen LogP contribution in [0.25, 0.3) is 5.57 Å². The van der Waals surface area contributed by atoms with Crippen molar-refractivity contribution in [3.8, 4) is 5.75 Å². The second-order valence-corrected chi connectivity index (χ2v) is 4.53. The molecule has 0 spiro atoms. The molecule has 0 aliphatic carbocycles. The monoisotopic (exact) mass is 260 g/mol. The van der Waals surface area contributed by atoms with Crippen LogP contribution in [0.1, 0.15) is 25.8 Å². The molecular weight excluding hydrogens is 240 g/mol. The Hall–Kier alpha value is -2.03. The van der Waals surface area contributed by atoms with E-state index in [1.165, 1.54) is 5.57 Å². The van der Waals surface area contributed by atoms with E-state index in [1.54, 1.807) is 19.3 Å². The van der Waals surface area contributed by atoms with E-state index in [0.29, 0.717) is 5.92 Å². The number of ether oxygens (including phenoxy) is 1. The SMILES string of the molecule is COc1ccc(/C(=C\C=C\CC(=O)O)C(C)C)cc1. The summed E-state index contributed by atoms with van der Waals surface area (Å²) >= 11 is 0. The van der Waals surface area contributed by atoms with E-state index in [2.05, 4.69) is 13.8 Å². The average Bonchev–Trinajstić information content (AvgIpc) is 2.38. The van der Waals surface area contributed by atoms with Gasteiger partial charge >= 0.3 is 5.97 Å². The lowest BCUT2D eigenvalue weighted by atomic mass is 9.95. The molecule has 1 N–H and O–H groups in total. The molecule has 0 heterocycles. The van der Waals surface area contributed by atoms with Crippen LogP contribution in [0.3, 0.4) is 0 Å². The highest BCUT2D eigenvalue weighted by Crippen LogP contribution is 2.25. The van der Waals surface area contributed by atoms with Crippen molar-refractivity contribution in [2.45, 2.75) is 20.3 Å². The summed E-state index contributed by atoms with van der Waals surface area (Å²) < 4.78 is 5.14. The van der Waals surface area contributed by atoms with Crippen LogP contribution >= 0.6 is 0 Å². The van der Waals surface area contributed by atoms with Gasteiger partial charge in [0.1, 0.15) is 5.75 Å². The van der Waals surface area contributed by atoms with Gasteiger partial charge in [0.2, 0.25) is 0 Å². The summed E-state index contributed by atoms with van der Waals surface area (Å²) in [7, 11) is 1.64. The third-order valence-corrected chi connectivity index (χ3v) is 2.75. The minimum Gasteiger partial charge on any atom is -0.497 e. The number of allylic oxidation sites excluding steroid dienone is 3. The van der Waals surface area contributed by atoms with Gasteiger partial charge < -0.3 is 9.84 Å². The number of carboxylic acid groups (broad SMARTS) is 1. The fraction of sp³-hybridized carbons (Fsp3) is 0.312. The number of rotatable bonds is 6. The lowest BCUT2D eigenvalue weighted by molar-refractivity contribution is -0.136. The molecule has 0 radical (unpaired) electrons. The Morgan fingerprint density at radius 2 is 1.95 bits per heavy atom. The Kier molecular flexibility index (Phi) is 5.86. The smallest absolute Gasteiger partial charge is 0.307 e. The fourth-order valence-electron chi connectivity index (χ4n) is 1.75. The van der Waals surface area contributed by atoms with Crippen molar-refractivity contribution < 1.29 is 14.6 Å². The van der Waals surface area contributed by atoms with Crippen LogP contribution in [0, 0.1) is 5.92 Å². The number of carbonyl (C=O) groups is 1. The van der Waals surface area contributed by atoms with Gasteiger partial charge in [-0.15, -0.1) is 0 Å². The molecular formula is C16H20O3. The maximum atomic E-state index is 10.4. The molecule has 0 unspecified atom stereocenters. The van der Waals surface area contributed by atoms with Gasteiger partial charge in [0, 0.05) is 0 Å². The summed E-state index contributed by atoms with van der Waals surface area (Å²) in [6, 6.07) is 7.87. The lowest BCUT2D eigenvalue weighted by Crippen LogP contribution is -1.94. The largest absolute Gasteiger partial charge is 0.497 e. The third kappa shape index (κ3) is 5.00. The van der Waals surface area contributed by atoms with Crippen LogP contribution in [-0.4, -0.2) is 18.2 Å². The minimum atomic E-state index is -0.819. The Bertz CT molecular complexity index is 467. The molecule has 1 aromatic carbocycles. The van der Waals surface area contributed by atoms with Crippen molar-refractivity contribution in [1.82, 2.24) is 0 Å². The first-order valence-electron chi connectivity index (χ1n) is 6.27. The summed E-state index contributed by atoms with van der Waals surface area (Å²) in [6.07, 6.45) is 5.46. The predicted octanol–water partition coefficient (Wildman–Crippen LogP) is 3.77. The number of benzene rings is 1. The van der Waals surface area contributed by atoms with Gasteiger partial charge in [-0.2, -0.15) is 0 Å². The topological polar surface area (TPSA) is 46.5 Å². The second kappa shape index (κ2) is 7.41. The van der Waals surface area contributed by atoms with Gasteiger partial charge in [-0.3, -0.25) is 4.79 Å². The summed E-state index contributed by atoms with van der Waals surface area (Å²) in [5.41, 5.74) is 2.29. The molecule has 3 heteroatoms. The summed E-state index contributed by atoms with van der Waals surface area (Å²) in [4.78, 5) is 10.4. The zero-order valence-electron chi connectivity index (χ0n) is 11.6. The summed E-state index contributed by atoms with van der Waals surface area (Å²) in [5.74, 6) is 0.372. The molecule has 0 amide bonds. The van der Waals surface area contributed by atoms with E-state index in [4.69, 9.17) is 9.84 Å². The van der Waals surface area contributed by atoms with Gasteiger partial charge in [0.25, 0.3) is 0 Å². The van der Waals surface area contributed by atoms with E-state index in [9.17, 15) is 4.79 Å². The predicted molar refractivity (Wildman–Crippen MR) is 77.2 cm³/mol. The summed E-state index contributed by atoms with van der Waals surface area (Å²) in [6.45, 7) is 4.22. The van der Waals surface area contributed by atoms with Gasteiger partial charge in [0.15, 0.2) is 0 Å². The molecule has 19 heavy (non-hydrogen) atoms. The molecule has 0 saturated heterocycles. The Morgan fingerprint density at radius 3 is 2.42 bits per heavy atom. The Morgan fingerprint density at radius 1 is 1.32 bits per heavy atom. The third-order valence-electron chi connectivity index (χ3n) is 2.75. The van der Waals surface area contributed by atoms with Crippen LogP contribution in [0.15, 0.2) is 42.5 Å². The van der Waals surface area contributed by atoms with E-state index in [0.717, 1.165) is 11.3 Å². The molecule has 0 aromatic heterocycles. The van der Waals surface area contributed by atoms with Gasteiger partial charge in [-0.25, -0.2) is 0 Å². The average molecular weight is 260 g/mol. The van der Waals surface area contributed by atoms with Crippen molar-refractivity contribution in [3.05, 3.63) is 48.1 Å². The van der Waals surface area contributed by atoms with Crippen molar-refractivity contribution in [1.29, 1.82) is 0 Å². The van der Waals surface area contributed by atoms with Gasteiger partial charge in [-0.05, 0) is 29.2 Å². The van der Waals surface area contributed by atoms with Crippen molar-refractivity contribution >= 4 is 11.5 Å². The first kappa shape index (κ1) is 15.0. The standard InChI is InChI=1S/C16H20O3/c1-12(2)15(6-4-5-7-16(17)18)13-8-10-14(19-3)11-9-13/h4-6,8-12H,7H2,1-3H3,(H,17,18)/b5-4+,15-6-. The maximum absolute atomic E-state index is 10.4. The van der Waals surface area contributed by atoms with Crippen LogP contribution < -0.4 is 4.74 Å². The van der Waals surface area contributed by atoms with Crippen LogP contribution in [0.2, 0.25) is 0 Å². The van der Waals surface area contributed by atoms with Crippen molar-refractivity contribution in [3.63, 3.8) is 0 Å². The molecule has 1 aromatic rings. The van der Waals surface area contributed by atoms with Crippen LogP contribution in [-0.2, 0) is 4.79 Å². The molecule has 0 bridgehead atoms. The van der Waals surface area contributed by atoms with E-state index >= 15 is 0 Å².